The molecule has 142 valence electrons. The second-order valence-electron chi connectivity index (χ2n) is 6.49. The highest BCUT2D eigenvalue weighted by atomic mass is 16.5. The molecule has 3 N–H and O–H groups in total. The lowest BCUT2D eigenvalue weighted by Gasteiger charge is -2.13. The third-order valence-electron chi connectivity index (χ3n) is 4.28. The molecular formula is C21H24N2O4. The number of rotatable bonds is 8. The largest absolute Gasteiger partial charge is 0.497 e. The number of benzene rings is 2. The fraction of sp³-hybridized carbons (Fsp3) is 0.286. The van der Waals surface area contributed by atoms with Crippen molar-refractivity contribution in [2.24, 2.45) is 0 Å². The Morgan fingerprint density at radius 3 is 2.59 bits per heavy atom. The van der Waals surface area contributed by atoms with E-state index in [2.05, 4.69) is 10.3 Å². The summed E-state index contributed by atoms with van der Waals surface area (Å²) in [6.07, 6.45) is -0.686. The standard InChI is InChI=1S/C21H24N2O4/c1-14-3-4-15-10-16(21(25)23-20(15)9-14)11-22-12-17(24)13-27-19-7-5-18(26-2)6-8-19/h3-10,17,22,24H,11-13H2,1-2H3,(H,23,25). The molecule has 0 spiro atoms. The van der Waals surface area contributed by atoms with Gasteiger partial charge in [0, 0.05) is 24.2 Å². The van der Waals surface area contributed by atoms with Gasteiger partial charge in [-0.25, -0.2) is 0 Å². The minimum atomic E-state index is -0.686. The zero-order chi connectivity index (χ0) is 19.2. The first kappa shape index (κ1) is 18.9. The summed E-state index contributed by atoms with van der Waals surface area (Å²) in [5.41, 5.74) is 2.44. The van der Waals surface area contributed by atoms with Crippen molar-refractivity contribution in [3.05, 3.63) is 70.0 Å². The van der Waals surface area contributed by atoms with Crippen LogP contribution in [0.3, 0.4) is 0 Å². The normalized spacial score (nSPS) is 12.1. The van der Waals surface area contributed by atoms with Crippen LogP contribution in [-0.4, -0.2) is 36.5 Å². The maximum absolute atomic E-state index is 12.2. The maximum atomic E-state index is 12.2. The van der Waals surface area contributed by atoms with Crippen LogP contribution in [0.15, 0.2) is 53.3 Å². The molecular weight excluding hydrogens is 344 g/mol. The number of nitrogens with one attached hydrogen (secondary N) is 2. The van der Waals surface area contributed by atoms with Gasteiger partial charge < -0.3 is 24.9 Å². The zero-order valence-electron chi connectivity index (χ0n) is 15.5. The molecule has 6 nitrogen and oxygen atoms in total. The van der Waals surface area contributed by atoms with Crippen LogP contribution >= 0.6 is 0 Å². The monoisotopic (exact) mass is 368 g/mol. The molecule has 0 aliphatic heterocycles. The summed E-state index contributed by atoms with van der Waals surface area (Å²) in [4.78, 5) is 15.1. The van der Waals surface area contributed by atoms with E-state index in [1.807, 2.05) is 31.2 Å². The molecule has 1 aromatic heterocycles. The first-order valence-electron chi connectivity index (χ1n) is 8.83. The third-order valence-corrected chi connectivity index (χ3v) is 4.28. The number of aryl methyl sites for hydroxylation is 1. The molecule has 0 saturated heterocycles. The van der Waals surface area contributed by atoms with Crippen LogP contribution < -0.4 is 20.3 Å². The lowest BCUT2D eigenvalue weighted by Crippen LogP contribution is -2.32. The molecule has 1 atom stereocenters. The number of hydrogen-bond acceptors (Lipinski definition) is 5. The van der Waals surface area contributed by atoms with Crippen molar-refractivity contribution in [2.75, 3.05) is 20.3 Å². The van der Waals surface area contributed by atoms with Crippen molar-refractivity contribution in [3.8, 4) is 11.5 Å². The number of aromatic nitrogens is 1. The van der Waals surface area contributed by atoms with E-state index in [9.17, 15) is 9.90 Å². The van der Waals surface area contributed by atoms with Crippen LogP contribution in [0.25, 0.3) is 10.9 Å². The lowest BCUT2D eigenvalue weighted by molar-refractivity contribution is 0.106. The van der Waals surface area contributed by atoms with Crippen molar-refractivity contribution in [3.63, 3.8) is 0 Å². The fourth-order valence-electron chi connectivity index (χ4n) is 2.79. The number of methoxy groups -OCH3 is 1. The number of aliphatic hydroxyl groups is 1. The topological polar surface area (TPSA) is 83.6 Å². The van der Waals surface area contributed by atoms with E-state index >= 15 is 0 Å². The van der Waals surface area contributed by atoms with Crippen molar-refractivity contribution in [1.82, 2.24) is 10.3 Å². The minimum Gasteiger partial charge on any atom is -0.497 e. The second-order valence-corrected chi connectivity index (χ2v) is 6.49. The van der Waals surface area contributed by atoms with Gasteiger partial charge in [-0.15, -0.1) is 0 Å². The SMILES string of the molecule is COc1ccc(OCC(O)CNCc2cc3ccc(C)cc3[nH]c2=O)cc1. The van der Waals surface area contributed by atoms with Gasteiger partial charge in [0.1, 0.15) is 24.2 Å². The van der Waals surface area contributed by atoms with Crippen molar-refractivity contribution < 1.29 is 14.6 Å². The molecule has 1 heterocycles. The number of aromatic amines is 1. The number of ether oxygens (including phenoxy) is 2. The van der Waals surface area contributed by atoms with Gasteiger partial charge >= 0.3 is 0 Å². The van der Waals surface area contributed by atoms with E-state index in [1.165, 1.54) is 0 Å². The van der Waals surface area contributed by atoms with E-state index in [0.717, 1.165) is 22.2 Å². The predicted molar refractivity (Wildman–Crippen MR) is 106 cm³/mol. The predicted octanol–water partition coefficient (Wildman–Crippen LogP) is 2.37. The Morgan fingerprint density at radius 1 is 1.11 bits per heavy atom. The molecule has 0 amide bonds. The Balaban J connectivity index is 1.50. The molecule has 6 heteroatoms. The number of aliphatic hydroxyl groups excluding tert-OH is 1. The van der Waals surface area contributed by atoms with Crippen molar-refractivity contribution in [1.29, 1.82) is 0 Å². The Morgan fingerprint density at radius 2 is 1.85 bits per heavy atom. The van der Waals surface area contributed by atoms with Crippen LogP contribution in [-0.2, 0) is 6.54 Å². The van der Waals surface area contributed by atoms with E-state index < -0.39 is 6.10 Å². The van der Waals surface area contributed by atoms with Crippen LogP contribution in [0.1, 0.15) is 11.1 Å². The molecule has 3 aromatic rings. The number of H-pyrrole nitrogens is 1. The van der Waals surface area contributed by atoms with E-state index in [1.54, 1.807) is 31.4 Å². The van der Waals surface area contributed by atoms with E-state index in [4.69, 9.17) is 9.47 Å². The molecule has 2 aromatic carbocycles. The van der Waals surface area contributed by atoms with Gasteiger partial charge in [-0.3, -0.25) is 4.79 Å². The molecule has 0 saturated carbocycles. The van der Waals surface area contributed by atoms with Crippen LogP contribution in [0.2, 0.25) is 0 Å². The summed E-state index contributed by atoms with van der Waals surface area (Å²) in [7, 11) is 1.60. The highest BCUT2D eigenvalue weighted by Crippen LogP contribution is 2.17. The molecule has 0 bridgehead atoms. The first-order valence-corrected chi connectivity index (χ1v) is 8.83. The smallest absolute Gasteiger partial charge is 0.252 e. The molecule has 0 radical (unpaired) electrons. The summed E-state index contributed by atoms with van der Waals surface area (Å²) in [6, 6.07) is 15.0. The van der Waals surface area contributed by atoms with Gasteiger partial charge in [-0.1, -0.05) is 12.1 Å². The van der Waals surface area contributed by atoms with Gasteiger partial charge in [-0.2, -0.15) is 0 Å². The second kappa shape index (κ2) is 8.70. The molecule has 0 aliphatic rings. The molecule has 0 aliphatic carbocycles. The van der Waals surface area contributed by atoms with Crippen molar-refractivity contribution in [2.45, 2.75) is 19.6 Å². The summed E-state index contributed by atoms with van der Waals surface area (Å²) in [5.74, 6) is 1.41. The van der Waals surface area contributed by atoms with Crippen LogP contribution in [0.5, 0.6) is 11.5 Å². The molecule has 3 rings (SSSR count). The third kappa shape index (κ3) is 5.09. The van der Waals surface area contributed by atoms with Gasteiger partial charge in [0.15, 0.2) is 0 Å². The number of fused-ring (bicyclic) bond motifs is 1. The summed E-state index contributed by atoms with van der Waals surface area (Å²) < 4.78 is 10.6. The average molecular weight is 368 g/mol. The highest BCUT2D eigenvalue weighted by Gasteiger charge is 2.07. The van der Waals surface area contributed by atoms with E-state index in [0.29, 0.717) is 24.4 Å². The number of pyridine rings is 1. The molecule has 1 unspecified atom stereocenters. The highest BCUT2D eigenvalue weighted by molar-refractivity contribution is 5.79. The first-order chi connectivity index (χ1) is 13.0. The van der Waals surface area contributed by atoms with Gasteiger partial charge in [0.25, 0.3) is 5.56 Å². The minimum absolute atomic E-state index is 0.121. The fourth-order valence-corrected chi connectivity index (χ4v) is 2.79. The van der Waals surface area contributed by atoms with Gasteiger partial charge in [0.05, 0.1) is 7.11 Å². The number of hydrogen-bond donors (Lipinski definition) is 3. The Kier molecular flexibility index (Phi) is 6.11. The Bertz CT molecular complexity index is 951. The van der Waals surface area contributed by atoms with Crippen LogP contribution in [0.4, 0.5) is 0 Å². The molecule has 0 fully saturated rings. The summed E-state index contributed by atoms with van der Waals surface area (Å²) >= 11 is 0. The quantitative estimate of drug-likeness (QED) is 0.569. The maximum Gasteiger partial charge on any atom is 0.252 e. The Labute approximate surface area is 157 Å². The van der Waals surface area contributed by atoms with E-state index in [-0.39, 0.29) is 12.2 Å². The zero-order valence-corrected chi connectivity index (χ0v) is 15.5. The molecule has 27 heavy (non-hydrogen) atoms. The van der Waals surface area contributed by atoms with Crippen molar-refractivity contribution >= 4 is 10.9 Å². The Hall–Kier alpha value is -2.83. The van der Waals surface area contributed by atoms with Crippen LogP contribution in [0, 0.1) is 6.92 Å². The lowest BCUT2D eigenvalue weighted by atomic mass is 10.1. The summed E-state index contributed by atoms with van der Waals surface area (Å²) in [6.45, 7) is 2.84. The average Bonchev–Trinajstić information content (AvgIpc) is 2.67. The van der Waals surface area contributed by atoms with Gasteiger partial charge in [-0.05, 0) is 54.3 Å². The van der Waals surface area contributed by atoms with Gasteiger partial charge in [0.2, 0.25) is 0 Å². The summed E-state index contributed by atoms with van der Waals surface area (Å²) in [5, 5.41) is 14.2.